The van der Waals surface area contributed by atoms with Gasteiger partial charge in [-0.3, -0.25) is 0 Å². The Morgan fingerprint density at radius 1 is 0.966 bits per heavy atom. The van der Waals surface area contributed by atoms with Crippen molar-refractivity contribution in [3.63, 3.8) is 0 Å². The van der Waals surface area contributed by atoms with Crippen LogP contribution in [0.4, 0.5) is 0 Å². The molecule has 0 aliphatic carbocycles. The predicted molar refractivity (Wildman–Crippen MR) is 131 cm³/mol. The lowest BCUT2D eigenvalue weighted by Crippen LogP contribution is -2.37. The largest absolute Gasteiger partial charge is 0.357 e. The van der Waals surface area contributed by atoms with Gasteiger partial charge in [-0.15, -0.1) is 24.0 Å². The zero-order valence-electron chi connectivity index (χ0n) is 16.9. The molecule has 0 bridgehead atoms. The van der Waals surface area contributed by atoms with Crippen LogP contribution in [0.25, 0.3) is 0 Å². The van der Waals surface area contributed by atoms with Crippen LogP contribution >= 0.6 is 24.0 Å². The van der Waals surface area contributed by atoms with Crippen molar-refractivity contribution in [1.29, 1.82) is 0 Å². The third-order valence-electron chi connectivity index (χ3n) is 4.49. The van der Waals surface area contributed by atoms with Gasteiger partial charge < -0.3 is 15.2 Å². The summed E-state index contributed by atoms with van der Waals surface area (Å²) in [5, 5.41) is 6.75. The molecule has 0 aliphatic rings. The molecule has 29 heavy (non-hydrogen) atoms. The SMILES string of the molecule is CCNC(=NCc1ccc(Cn2ccnc2)cc1)NCCCc1ccccc1.I. The number of guanidine groups is 1. The highest BCUT2D eigenvalue weighted by atomic mass is 127. The Hall–Kier alpha value is -2.35. The number of aromatic nitrogens is 2. The van der Waals surface area contributed by atoms with Crippen LogP contribution < -0.4 is 10.6 Å². The number of imidazole rings is 1. The van der Waals surface area contributed by atoms with E-state index in [1.54, 1.807) is 6.20 Å². The quantitative estimate of drug-likeness (QED) is 0.199. The molecule has 6 heteroatoms. The van der Waals surface area contributed by atoms with E-state index in [0.29, 0.717) is 6.54 Å². The minimum Gasteiger partial charge on any atom is -0.357 e. The molecule has 0 saturated carbocycles. The molecule has 2 N–H and O–H groups in total. The smallest absolute Gasteiger partial charge is 0.191 e. The Balaban J connectivity index is 0.00000300. The number of nitrogens with zero attached hydrogens (tertiary/aromatic N) is 3. The Morgan fingerprint density at radius 2 is 1.72 bits per heavy atom. The van der Waals surface area contributed by atoms with Crippen molar-refractivity contribution in [3.05, 3.63) is 90.0 Å². The first-order valence-electron chi connectivity index (χ1n) is 9.93. The van der Waals surface area contributed by atoms with Gasteiger partial charge in [0.25, 0.3) is 0 Å². The monoisotopic (exact) mass is 503 g/mol. The van der Waals surface area contributed by atoms with Gasteiger partial charge in [0.2, 0.25) is 0 Å². The van der Waals surface area contributed by atoms with Crippen molar-refractivity contribution in [1.82, 2.24) is 20.2 Å². The normalized spacial score (nSPS) is 11.0. The molecule has 0 aliphatic heterocycles. The summed E-state index contributed by atoms with van der Waals surface area (Å²) in [5.41, 5.74) is 3.84. The van der Waals surface area contributed by atoms with Crippen LogP contribution in [-0.4, -0.2) is 28.6 Å². The number of hydrogen-bond donors (Lipinski definition) is 2. The highest BCUT2D eigenvalue weighted by molar-refractivity contribution is 14.0. The fourth-order valence-corrected chi connectivity index (χ4v) is 3.00. The highest BCUT2D eigenvalue weighted by Crippen LogP contribution is 2.07. The van der Waals surface area contributed by atoms with E-state index < -0.39 is 0 Å². The zero-order valence-corrected chi connectivity index (χ0v) is 19.3. The van der Waals surface area contributed by atoms with E-state index in [2.05, 4.69) is 81.7 Å². The molecule has 0 atom stereocenters. The van der Waals surface area contributed by atoms with Gasteiger partial charge in [0.05, 0.1) is 12.9 Å². The Morgan fingerprint density at radius 3 is 2.41 bits per heavy atom. The highest BCUT2D eigenvalue weighted by Gasteiger charge is 2.00. The minimum absolute atomic E-state index is 0. The number of aryl methyl sites for hydroxylation is 1. The van der Waals surface area contributed by atoms with Crippen LogP contribution in [0.1, 0.15) is 30.0 Å². The zero-order chi connectivity index (χ0) is 19.4. The molecule has 5 nitrogen and oxygen atoms in total. The number of benzene rings is 2. The number of rotatable bonds is 9. The lowest BCUT2D eigenvalue weighted by molar-refractivity contribution is 0.743. The molecule has 0 saturated heterocycles. The second-order valence-electron chi connectivity index (χ2n) is 6.76. The molecule has 0 unspecified atom stereocenters. The lowest BCUT2D eigenvalue weighted by atomic mass is 10.1. The van der Waals surface area contributed by atoms with Gasteiger partial charge in [0, 0.05) is 32.0 Å². The number of nitrogens with one attached hydrogen (secondary N) is 2. The van der Waals surface area contributed by atoms with Crippen molar-refractivity contribution in [2.45, 2.75) is 32.9 Å². The standard InChI is InChI=1S/C23H29N5.HI/c1-2-25-23(26-14-6-9-20-7-4-3-5-8-20)27-17-21-10-12-22(13-11-21)18-28-16-15-24-19-28;/h3-5,7-8,10-13,15-16,19H,2,6,9,14,17-18H2,1H3,(H2,25,26,27);1H. The first-order chi connectivity index (χ1) is 13.8. The summed E-state index contributed by atoms with van der Waals surface area (Å²) < 4.78 is 2.07. The summed E-state index contributed by atoms with van der Waals surface area (Å²) in [6.07, 6.45) is 7.77. The van der Waals surface area contributed by atoms with E-state index >= 15 is 0 Å². The van der Waals surface area contributed by atoms with Crippen molar-refractivity contribution in [2.75, 3.05) is 13.1 Å². The molecule has 154 valence electrons. The molecule has 3 aromatic rings. The summed E-state index contributed by atoms with van der Waals surface area (Å²) in [6, 6.07) is 19.2. The summed E-state index contributed by atoms with van der Waals surface area (Å²) in [5.74, 6) is 0.873. The summed E-state index contributed by atoms with van der Waals surface area (Å²) in [4.78, 5) is 8.79. The van der Waals surface area contributed by atoms with Gasteiger partial charge in [-0.05, 0) is 36.5 Å². The van der Waals surface area contributed by atoms with Gasteiger partial charge in [0.1, 0.15) is 0 Å². The fraction of sp³-hybridized carbons (Fsp3) is 0.304. The number of halogens is 1. The molecular weight excluding hydrogens is 473 g/mol. The average molecular weight is 503 g/mol. The van der Waals surface area contributed by atoms with Crippen molar-refractivity contribution < 1.29 is 0 Å². The van der Waals surface area contributed by atoms with Crippen LogP contribution in [-0.2, 0) is 19.5 Å². The van der Waals surface area contributed by atoms with Crippen LogP contribution in [0.2, 0.25) is 0 Å². The third kappa shape index (κ3) is 8.27. The van der Waals surface area contributed by atoms with Gasteiger partial charge in [-0.2, -0.15) is 0 Å². The topological polar surface area (TPSA) is 54.2 Å². The van der Waals surface area contributed by atoms with Crippen molar-refractivity contribution >= 4 is 29.9 Å². The van der Waals surface area contributed by atoms with Crippen molar-refractivity contribution in [2.24, 2.45) is 4.99 Å². The molecule has 1 heterocycles. The van der Waals surface area contributed by atoms with E-state index in [1.807, 2.05) is 12.5 Å². The fourth-order valence-electron chi connectivity index (χ4n) is 3.00. The van der Waals surface area contributed by atoms with Crippen LogP contribution in [0.5, 0.6) is 0 Å². The van der Waals surface area contributed by atoms with Gasteiger partial charge in [-0.1, -0.05) is 54.6 Å². The van der Waals surface area contributed by atoms with E-state index in [-0.39, 0.29) is 24.0 Å². The van der Waals surface area contributed by atoms with E-state index in [1.165, 1.54) is 16.7 Å². The summed E-state index contributed by atoms with van der Waals surface area (Å²) >= 11 is 0. The van der Waals surface area contributed by atoms with Crippen molar-refractivity contribution in [3.8, 4) is 0 Å². The maximum absolute atomic E-state index is 4.71. The molecule has 0 radical (unpaired) electrons. The lowest BCUT2D eigenvalue weighted by Gasteiger charge is -2.11. The third-order valence-corrected chi connectivity index (χ3v) is 4.49. The maximum atomic E-state index is 4.71. The molecule has 0 amide bonds. The van der Waals surface area contributed by atoms with E-state index in [4.69, 9.17) is 4.99 Å². The number of hydrogen-bond acceptors (Lipinski definition) is 2. The maximum Gasteiger partial charge on any atom is 0.191 e. The molecule has 2 aromatic carbocycles. The predicted octanol–water partition coefficient (Wildman–Crippen LogP) is 4.24. The van der Waals surface area contributed by atoms with Crippen LogP contribution in [0.3, 0.4) is 0 Å². The first kappa shape index (κ1) is 22.9. The van der Waals surface area contributed by atoms with Crippen LogP contribution in [0, 0.1) is 0 Å². The van der Waals surface area contributed by atoms with Crippen LogP contribution in [0.15, 0.2) is 78.3 Å². The Bertz CT molecular complexity index is 829. The van der Waals surface area contributed by atoms with Gasteiger partial charge in [0.15, 0.2) is 5.96 Å². The van der Waals surface area contributed by atoms with E-state index in [9.17, 15) is 0 Å². The molecule has 0 spiro atoms. The Labute approximate surface area is 190 Å². The second kappa shape index (κ2) is 13.0. The second-order valence-corrected chi connectivity index (χ2v) is 6.76. The number of aliphatic imine (C=N–C) groups is 1. The first-order valence-corrected chi connectivity index (χ1v) is 9.93. The molecular formula is C23H30IN5. The minimum atomic E-state index is 0. The summed E-state index contributed by atoms with van der Waals surface area (Å²) in [7, 11) is 0. The van der Waals surface area contributed by atoms with E-state index in [0.717, 1.165) is 38.4 Å². The molecule has 1 aromatic heterocycles. The molecule has 0 fully saturated rings. The summed E-state index contributed by atoms with van der Waals surface area (Å²) in [6.45, 7) is 5.36. The average Bonchev–Trinajstić information content (AvgIpc) is 3.24. The molecule has 3 rings (SSSR count). The van der Waals surface area contributed by atoms with Gasteiger partial charge in [-0.25, -0.2) is 9.98 Å². The Kier molecular flexibility index (Phi) is 10.3. The van der Waals surface area contributed by atoms with Gasteiger partial charge >= 0.3 is 0 Å².